The summed E-state index contributed by atoms with van der Waals surface area (Å²) >= 11 is 3.39. The highest BCUT2D eigenvalue weighted by Gasteiger charge is 2.28. The summed E-state index contributed by atoms with van der Waals surface area (Å²) in [5, 5.41) is 5.41. The van der Waals surface area contributed by atoms with Crippen LogP contribution in [-0.4, -0.2) is 29.9 Å². The molecular formula is C24H22N2O3PS3+. The minimum Gasteiger partial charge on any atom is -0.286 e. The van der Waals surface area contributed by atoms with Crippen molar-refractivity contribution in [2.24, 2.45) is 7.05 Å². The topological polar surface area (TPSA) is 71.1 Å². The van der Waals surface area contributed by atoms with Crippen molar-refractivity contribution >= 4 is 63.4 Å². The number of hydrogen-bond acceptors (Lipinski definition) is 5. The first-order valence-corrected chi connectivity index (χ1v) is 15.3. The molecule has 4 aromatic rings. The minimum absolute atomic E-state index is 0.204. The molecule has 2 aromatic heterocycles. The molecule has 0 amide bonds. The molecule has 33 heavy (non-hydrogen) atoms. The van der Waals surface area contributed by atoms with Gasteiger partial charge in [0.1, 0.15) is 7.05 Å². The summed E-state index contributed by atoms with van der Waals surface area (Å²) in [6.07, 6.45) is 5.25. The summed E-state index contributed by atoms with van der Waals surface area (Å²) in [5.41, 5.74) is 3.33. The molecule has 0 fully saturated rings. The van der Waals surface area contributed by atoms with Gasteiger partial charge in [0, 0.05) is 33.3 Å². The minimum atomic E-state index is -3.96. The van der Waals surface area contributed by atoms with E-state index in [4.69, 9.17) is 0 Å². The van der Waals surface area contributed by atoms with E-state index in [-0.39, 0.29) is 5.75 Å². The van der Waals surface area contributed by atoms with Crippen LogP contribution in [0.2, 0.25) is 0 Å². The maximum Gasteiger partial charge on any atom is 0.264 e. The number of para-hydroxylation sites is 1. The van der Waals surface area contributed by atoms with Gasteiger partial charge in [-0.1, -0.05) is 42.1 Å². The van der Waals surface area contributed by atoms with Crippen LogP contribution in [0.1, 0.15) is 12.0 Å². The number of benzene rings is 2. The highest BCUT2D eigenvalue weighted by Crippen LogP contribution is 2.60. The van der Waals surface area contributed by atoms with Crippen LogP contribution in [0.25, 0.3) is 27.7 Å². The fourth-order valence-corrected chi connectivity index (χ4v) is 10.1. The van der Waals surface area contributed by atoms with E-state index in [0.29, 0.717) is 6.42 Å². The van der Waals surface area contributed by atoms with Crippen molar-refractivity contribution in [3.8, 4) is 10.7 Å². The van der Waals surface area contributed by atoms with Gasteiger partial charge in [-0.25, -0.2) is 4.98 Å². The molecule has 168 valence electrons. The van der Waals surface area contributed by atoms with Gasteiger partial charge < -0.3 is 0 Å². The molecule has 2 aromatic carbocycles. The SMILES string of the molecule is C[n+]1c(-c2nccs2)cc(C=C2Sc3ccccc3P2CCCS(=O)(=O)O)c2ccccc21. The summed E-state index contributed by atoms with van der Waals surface area (Å²) in [6, 6.07) is 18.9. The molecule has 9 heteroatoms. The third kappa shape index (κ3) is 4.77. The van der Waals surface area contributed by atoms with Gasteiger partial charge in [0.2, 0.25) is 11.2 Å². The van der Waals surface area contributed by atoms with E-state index in [1.165, 1.54) is 14.8 Å². The monoisotopic (exact) mass is 513 g/mol. The second-order valence-electron chi connectivity index (χ2n) is 7.74. The van der Waals surface area contributed by atoms with Crippen LogP contribution in [0.15, 0.2) is 75.7 Å². The summed E-state index contributed by atoms with van der Waals surface area (Å²) in [7, 11) is -2.58. The molecule has 1 aliphatic heterocycles. The maximum atomic E-state index is 11.3. The smallest absolute Gasteiger partial charge is 0.264 e. The number of thioether (sulfide) groups is 1. The molecule has 1 aliphatic rings. The number of aryl methyl sites for hydroxylation is 1. The van der Waals surface area contributed by atoms with Crippen LogP contribution in [0, 0.1) is 0 Å². The Kier molecular flexibility index (Phi) is 6.38. The largest absolute Gasteiger partial charge is 0.286 e. The zero-order valence-electron chi connectivity index (χ0n) is 17.9. The Morgan fingerprint density at radius 1 is 1.15 bits per heavy atom. The molecule has 0 bridgehead atoms. The van der Waals surface area contributed by atoms with Gasteiger partial charge in [0.25, 0.3) is 10.1 Å². The van der Waals surface area contributed by atoms with Crippen LogP contribution < -0.4 is 9.87 Å². The molecule has 0 spiro atoms. The van der Waals surface area contributed by atoms with E-state index in [0.717, 1.165) is 33.3 Å². The van der Waals surface area contributed by atoms with Crippen molar-refractivity contribution < 1.29 is 17.5 Å². The fourth-order valence-electron chi connectivity index (χ4n) is 4.07. The van der Waals surface area contributed by atoms with E-state index in [9.17, 15) is 13.0 Å². The van der Waals surface area contributed by atoms with Gasteiger partial charge in [-0.15, -0.1) is 11.3 Å². The first kappa shape index (κ1) is 22.7. The molecule has 1 N–H and O–H groups in total. The molecule has 1 atom stereocenters. The van der Waals surface area contributed by atoms with Gasteiger partial charge in [-0.05, 0) is 49.6 Å². The predicted molar refractivity (Wildman–Crippen MR) is 139 cm³/mol. The molecular weight excluding hydrogens is 491 g/mol. The number of hydrogen-bond donors (Lipinski definition) is 1. The summed E-state index contributed by atoms with van der Waals surface area (Å²) in [4.78, 5) is 5.76. The number of fused-ring (bicyclic) bond motifs is 2. The lowest BCUT2D eigenvalue weighted by molar-refractivity contribution is -0.633. The van der Waals surface area contributed by atoms with E-state index >= 15 is 0 Å². The number of aromatic nitrogens is 2. The average Bonchev–Trinajstić information content (AvgIpc) is 3.44. The van der Waals surface area contributed by atoms with E-state index in [1.54, 1.807) is 23.1 Å². The molecule has 3 heterocycles. The van der Waals surface area contributed by atoms with Crippen molar-refractivity contribution in [3.05, 3.63) is 76.4 Å². The van der Waals surface area contributed by atoms with Gasteiger partial charge in [0.05, 0.1) is 11.1 Å². The van der Waals surface area contributed by atoms with Gasteiger partial charge in [-0.2, -0.15) is 13.0 Å². The van der Waals surface area contributed by atoms with Crippen molar-refractivity contribution in [1.29, 1.82) is 0 Å². The predicted octanol–water partition coefficient (Wildman–Crippen LogP) is 5.28. The standard InChI is InChI=1S/C24H21N2O3PS3/c1-26-19-8-3-2-7-18(19)17(15-20(26)24-25-11-13-31-24)16-23-30(12-6-14-33(27,28)29)21-9-4-5-10-22(21)32-23/h2-5,7-11,13,15-16H,6,12,14H2,1H3/p+1. The zero-order valence-corrected chi connectivity index (χ0v) is 21.2. The zero-order chi connectivity index (χ0) is 23.0. The van der Waals surface area contributed by atoms with E-state index in [2.05, 4.69) is 59.1 Å². The quantitative estimate of drug-likeness (QED) is 0.216. The molecule has 5 rings (SSSR count). The molecule has 0 saturated heterocycles. The maximum absolute atomic E-state index is 11.3. The average molecular weight is 514 g/mol. The lowest BCUT2D eigenvalue weighted by atomic mass is 10.1. The van der Waals surface area contributed by atoms with Crippen LogP contribution in [-0.2, 0) is 17.2 Å². The Labute approximate surface area is 202 Å². The Balaban J connectivity index is 1.61. The second kappa shape index (κ2) is 9.28. The van der Waals surface area contributed by atoms with Crippen molar-refractivity contribution in [2.45, 2.75) is 11.3 Å². The molecule has 0 aliphatic carbocycles. The third-order valence-corrected chi connectivity index (χ3v) is 11.6. The molecule has 0 saturated carbocycles. The third-order valence-electron chi connectivity index (χ3n) is 5.58. The summed E-state index contributed by atoms with van der Waals surface area (Å²) in [5.74, 6) is -0.204. The van der Waals surface area contributed by atoms with Gasteiger partial charge in [-0.3, -0.25) is 4.55 Å². The van der Waals surface area contributed by atoms with Gasteiger partial charge >= 0.3 is 0 Å². The number of pyridine rings is 1. The van der Waals surface area contributed by atoms with Crippen molar-refractivity contribution in [1.82, 2.24) is 4.98 Å². The van der Waals surface area contributed by atoms with E-state index < -0.39 is 18.0 Å². The normalized spacial score (nSPS) is 17.0. The highest BCUT2D eigenvalue weighted by molar-refractivity contribution is 8.14. The Morgan fingerprint density at radius 2 is 1.94 bits per heavy atom. The Hall–Kier alpha value is -2.09. The number of nitrogens with zero attached hydrogens (tertiary/aromatic N) is 2. The van der Waals surface area contributed by atoms with Crippen LogP contribution in [0.5, 0.6) is 0 Å². The van der Waals surface area contributed by atoms with E-state index in [1.807, 2.05) is 29.8 Å². The van der Waals surface area contributed by atoms with Crippen LogP contribution >= 0.6 is 31.0 Å². The van der Waals surface area contributed by atoms with Crippen molar-refractivity contribution in [3.63, 3.8) is 0 Å². The Morgan fingerprint density at radius 3 is 2.73 bits per heavy atom. The molecule has 5 nitrogen and oxygen atoms in total. The molecule has 1 unspecified atom stereocenters. The first-order chi connectivity index (χ1) is 15.9. The number of thiazole rings is 1. The fraction of sp³-hybridized carbons (Fsp3) is 0.167. The number of rotatable bonds is 6. The molecule has 0 radical (unpaired) electrons. The Bertz CT molecular complexity index is 1470. The van der Waals surface area contributed by atoms with Crippen molar-refractivity contribution in [2.75, 3.05) is 11.9 Å². The summed E-state index contributed by atoms with van der Waals surface area (Å²) < 4.78 is 35.2. The van der Waals surface area contributed by atoms with Crippen LogP contribution in [0.3, 0.4) is 0 Å². The van der Waals surface area contributed by atoms with Crippen LogP contribution in [0.4, 0.5) is 0 Å². The summed E-state index contributed by atoms with van der Waals surface area (Å²) in [6.45, 7) is 0. The van der Waals surface area contributed by atoms with Gasteiger partial charge in [0.15, 0.2) is 5.01 Å². The highest BCUT2D eigenvalue weighted by atomic mass is 32.2. The first-order valence-electron chi connectivity index (χ1n) is 10.4. The lowest BCUT2D eigenvalue weighted by Gasteiger charge is -2.14. The second-order valence-corrected chi connectivity index (χ2v) is 13.9. The lowest BCUT2D eigenvalue weighted by Crippen LogP contribution is -2.32.